The minimum absolute atomic E-state index is 0.312. The van der Waals surface area contributed by atoms with Gasteiger partial charge in [0, 0.05) is 14.9 Å². The van der Waals surface area contributed by atoms with Gasteiger partial charge in [0.2, 0.25) is 0 Å². The zero-order chi connectivity index (χ0) is 14.9. The van der Waals surface area contributed by atoms with Gasteiger partial charge in [0.05, 0.1) is 5.02 Å². The van der Waals surface area contributed by atoms with Crippen molar-refractivity contribution in [1.82, 2.24) is 0 Å². The van der Waals surface area contributed by atoms with E-state index in [9.17, 15) is 13.2 Å². The number of benzene rings is 2. The molecule has 1 atom stereocenters. The van der Waals surface area contributed by atoms with Crippen LogP contribution in [-0.4, -0.2) is 0 Å². The summed E-state index contributed by atoms with van der Waals surface area (Å²) in [4.78, 5) is -0.391. The minimum atomic E-state index is -0.920. The van der Waals surface area contributed by atoms with Crippen LogP contribution in [0, 0.1) is 17.5 Å². The molecule has 0 saturated carbocycles. The van der Waals surface area contributed by atoms with Crippen molar-refractivity contribution in [1.29, 1.82) is 0 Å². The monoisotopic (exact) mass is 426 g/mol. The molecule has 0 aliphatic carbocycles. The van der Waals surface area contributed by atoms with Crippen molar-refractivity contribution < 1.29 is 13.2 Å². The molecule has 0 radical (unpaired) electrons. The molecule has 0 aromatic heterocycles. The highest BCUT2D eigenvalue weighted by Gasteiger charge is 2.16. The summed E-state index contributed by atoms with van der Waals surface area (Å²) in [5, 5.41) is 0.385. The van der Waals surface area contributed by atoms with Crippen molar-refractivity contribution in [2.45, 2.75) is 11.2 Å². The lowest BCUT2D eigenvalue weighted by atomic mass is 10.0. The van der Waals surface area contributed by atoms with Crippen LogP contribution in [0.15, 0.2) is 34.8 Å². The summed E-state index contributed by atoms with van der Waals surface area (Å²) in [6, 6.07) is 6.39. The lowest BCUT2D eigenvalue weighted by Gasteiger charge is -2.13. The van der Waals surface area contributed by atoms with E-state index in [1.807, 2.05) is 0 Å². The second-order valence-electron chi connectivity index (χ2n) is 4.21. The molecule has 2 aromatic rings. The number of hydrogen-bond acceptors (Lipinski definition) is 0. The Balaban J connectivity index is 2.25. The van der Waals surface area contributed by atoms with Crippen molar-refractivity contribution >= 4 is 43.5 Å². The van der Waals surface area contributed by atoms with Gasteiger partial charge in [-0.1, -0.05) is 33.6 Å². The molecule has 20 heavy (non-hydrogen) atoms. The Bertz CT molecular complexity index is 647. The van der Waals surface area contributed by atoms with Crippen LogP contribution < -0.4 is 0 Å². The van der Waals surface area contributed by atoms with Gasteiger partial charge in [0.15, 0.2) is 11.6 Å². The third-order valence-electron chi connectivity index (χ3n) is 2.78. The topological polar surface area (TPSA) is 0 Å². The Morgan fingerprint density at radius 3 is 2.35 bits per heavy atom. The van der Waals surface area contributed by atoms with E-state index in [0.29, 0.717) is 27.0 Å². The average molecular weight is 428 g/mol. The second-order valence-corrected chi connectivity index (χ2v) is 6.57. The van der Waals surface area contributed by atoms with E-state index in [4.69, 9.17) is 11.6 Å². The van der Waals surface area contributed by atoms with Crippen molar-refractivity contribution in [3.8, 4) is 0 Å². The first-order chi connectivity index (χ1) is 9.38. The van der Waals surface area contributed by atoms with Gasteiger partial charge in [-0.3, -0.25) is 0 Å². The maximum atomic E-state index is 13.9. The van der Waals surface area contributed by atoms with Crippen LogP contribution in [0.3, 0.4) is 0 Å². The van der Waals surface area contributed by atoms with E-state index < -0.39 is 22.3 Å². The van der Waals surface area contributed by atoms with Gasteiger partial charge in [0.25, 0.3) is 0 Å². The Hall–Kier alpha value is -0.520. The van der Waals surface area contributed by atoms with E-state index in [2.05, 4.69) is 31.9 Å². The minimum Gasteiger partial charge on any atom is -0.207 e. The molecule has 0 saturated heterocycles. The molecule has 0 heterocycles. The van der Waals surface area contributed by atoms with Gasteiger partial charge in [-0.15, -0.1) is 0 Å². The molecular weight excluding hydrogens is 420 g/mol. The Labute approximate surface area is 136 Å². The molecule has 1 unspecified atom stereocenters. The van der Waals surface area contributed by atoms with Gasteiger partial charge in [-0.25, -0.2) is 13.2 Å². The van der Waals surface area contributed by atoms with Crippen molar-refractivity contribution in [2.75, 3.05) is 0 Å². The Morgan fingerprint density at radius 1 is 1.00 bits per heavy atom. The van der Waals surface area contributed by atoms with E-state index >= 15 is 0 Å². The third-order valence-corrected chi connectivity index (χ3v) is 4.79. The van der Waals surface area contributed by atoms with Crippen LogP contribution in [0.25, 0.3) is 0 Å². The normalized spacial score (nSPS) is 12.5. The fraction of sp³-hybridized carbons (Fsp3) is 0.143. The summed E-state index contributed by atoms with van der Waals surface area (Å²) < 4.78 is 40.3. The third kappa shape index (κ3) is 3.57. The lowest BCUT2D eigenvalue weighted by Crippen LogP contribution is -2.00. The zero-order valence-electron chi connectivity index (χ0n) is 9.94. The average Bonchev–Trinajstić information content (AvgIpc) is 2.38. The lowest BCUT2D eigenvalue weighted by molar-refractivity contribution is 0.507. The maximum Gasteiger partial charge on any atom is 0.159 e. The molecule has 0 aliphatic heterocycles. The van der Waals surface area contributed by atoms with E-state index in [1.54, 1.807) is 0 Å². The van der Waals surface area contributed by atoms with Crippen molar-refractivity contribution in [2.24, 2.45) is 0 Å². The van der Waals surface area contributed by atoms with Gasteiger partial charge < -0.3 is 0 Å². The predicted octanol–water partition coefficient (Wildman–Crippen LogP) is 6.20. The fourth-order valence-electron chi connectivity index (χ4n) is 1.76. The molecule has 2 rings (SSSR count). The number of hydrogen-bond donors (Lipinski definition) is 0. The summed E-state index contributed by atoms with van der Waals surface area (Å²) in [7, 11) is 0. The summed E-state index contributed by atoms with van der Waals surface area (Å²) in [6.07, 6.45) is 0.312. The molecule has 106 valence electrons. The maximum absolute atomic E-state index is 13.9. The molecule has 0 nitrogen and oxygen atoms in total. The first kappa shape index (κ1) is 15.9. The van der Waals surface area contributed by atoms with E-state index in [-0.39, 0.29) is 0 Å². The zero-order valence-corrected chi connectivity index (χ0v) is 13.9. The number of alkyl halides is 1. The molecule has 0 spiro atoms. The molecule has 0 amide bonds. The van der Waals surface area contributed by atoms with Gasteiger partial charge in [-0.05, 0) is 52.2 Å². The van der Waals surface area contributed by atoms with Crippen LogP contribution in [0.2, 0.25) is 5.02 Å². The quantitative estimate of drug-likeness (QED) is 0.403. The molecule has 0 fully saturated rings. The van der Waals surface area contributed by atoms with E-state index in [0.717, 1.165) is 12.1 Å². The molecular formula is C14H8Br2ClF3. The van der Waals surface area contributed by atoms with Gasteiger partial charge >= 0.3 is 0 Å². The van der Waals surface area contributed by atoms with Crippen LogP contribution in [-0.2, 0) is 6.42 Å². The molecule has 6 heteroatoms. The summed E-state index contributed by atoms with van der Waals surface area (Å²) in [6.45, 7) is 0. The summed E-state index contributed by atoms with van der Waals surface area (Å²) >= 11 is 12.4. The highest BCUT2D eigenvalue weighted by molar-refractivity contribution is 9.10. The standard InChI is InChI=1S/C14H8Br2ClF3/c15-9(3-7-1-2-12(18)14(20)4-7)8-5-11(17)10(16)6-13(8)19/h1-2,4-6,9H,3H2. The second kappa shape index (κ2) is 6.50. The number of halogens is 6. The smallest absolute Gasteiger partial charge is 0.159 e. The van der Waals surface area contributed by atoms with Crippen molar-refractivity contribution in [3.05, 3.63) is 68.4 Å². The molecule has 0 N–H and O–H groups in total. The Kier molecular flexibility index (Phi) is 5.15. The van der Waals surface area contributed by atoms with Crippen LogP contribution in [0.4, 0.5) is 13.2 Å². The highest BCUT2D eigenvalue weighted by atomic mass is 79.9. The van der Waals surface area contributed by atoms with E-state index in [1.165, 1.54) is 18.2 Å². The van der Waals surface area contributed by atoms with Crippen molar-refractivity contribution in [3.63, 3.8) is 0 Å². The van der Waals surface area contributed by atoms with Crippen LogP contribution >= 0.6 is 43.5 Å². The molecule has 0 aliphatic rings. The van der Waals surface area contributed by atoms with Crippen LogP contribution in [0.5, 0.6) is 0 Å². The van der Waals surface area contributed by atoms with Gasteiger partial charge in [-0.2, -0.15) is 0 Å². The SMILES string of the molecule is Fc1ccc(CC(Br)c2cc(Cl)c(Br)cc2F)cc1F. The Morgan fingerprint density at radius 2 is 1.70 bits per heavy atom. The number of rotatable bonds is 3. The van der Waals surface area contributed by atoms with Gasteiger partial charge in [0.1, 0.15) is 5.82 Å². The van der Waals surface area contributed by atoms with Crippen LogP contribution in [0.1, 0.15) is 16.0 Å². The predicted molar refractivity (Wildman–Crippen MR) is 80.8 cm³/mol. The highest BCUT2D eigenvalue weighted by Crippen LogP contribution is 2.34. The molecule has 2 aromatic carbocycles. The summed E-state index contributed by atoms with van der Waals surface area (Å²) in [5.41, 5.74) is 0.923. The first-order valence-electron chi connectivity index (χ1n) is 5.61. The summed E-state index contributed by atoms with van der Waals surface area (Å²) in [5.74, 6) is -2.25. The molecule has 0 bridgehead atoms. The fourth-order valence-corrected chi connectivity index (χ4v) is 2.97. The first-order valence-corrected chi connectivity index (χ1v) is 7.69. The largest absolute Gasteiger partial charge is 0.207 e.